The van der Waals surface area contributed by atoms with Gasteiger partial charge in [-0.05, 0) is 36.2 Å². The van der Waals surface area contributed by atoms with Gasteiger partial charge in [-0.25, -0.2) is 0 Å². The minimum Gasteiger partial charge on any atom is -0.364 e. The fourth-order valence-corrected chi connectivity index (χ4v) is 4.10. The third kappa shape index (κ3) is 3.56. The number of benzene rings is 1. The molecule has 0 amide bonds. The topological polar surface area (TPSA) is 107 Å². The Balaban J connectivity index is 1.52. The van der Waals surface area contributed by atoms with Crippen molar-refractivity contribution in [2.45, 2.75) is 18.3 Å². The molecule has 5 N–H and O–H groups in total. The van der Waals surface area contributed by atoms with Gasteiger partial charge in [-0.2, -0.15) is 0 Å². The Morgan fingerprint density at radius 2 is 2.17 bits per heavy atom. The maximum atomic E-state index is 8.66. The lowest BCUT2D eigenvalue weighted by Crippen LogP contribution is -2.48. The van der Waals surface area contributed by atoms with Crippen LogP contribution < -0.4 is 11.1 Å². The van der Waals surface area contributed by atoms with Crippen LogP contribution in [0, 0.1) is 5.41 Å². The number of rotatable bonds is 6. The Morgan fingerprint density at radius 3 is 2.86 bits per heavy atom. The lowest BCUT2D eigenvalue weighted by atomic mass is 9.72. The lowest BCUT2D eigenvalue weighted by Gasteiger charge is -2.42. The van der Waals surface area contributed by atoms with Crippen molar-refractivity contribution in [2.24, 2.45) is 5.73 Å². The predicted molar refractivity (Wildman–Crippen MR) is 115 cm³/mol. The zero-order chi connectivity index (χ0) is 20.3. The standard InChI is InChI=1S/C22H26N6O/c1-2-25-21-19(6-9-26-21)20(24)28-10-7-22(15-23,8-11-28)18-5-3-4-16(12-18)17-13-27-29-14-17/h2-6,9,12-14,24-26H,1,7-8,10-11,15,23H2. The first-order valence-electron chi connectivity index (χ1n) is 9.76. The fourth-order valence-electron chi connectivity index (χ4n) is 4.10. The van der Waals surface area contributed by atoms with E-state index in [1.807, 2.05) is 12.3 Å². The highest BCUT2D eigenvalue weighted by atomic mass is 16.5. The lowest BCUT2D eigenvalue weighted by molar-refractivity contribution is 0.230. The number of H-pyrrole nitrogens is 1. The van der Waals surface area contributed by atoms with E-state index in [0.717, 1.165) is 48.4 Å². The monoisotopic (exact) mass is 390 g/mol. The maximum absolute atomic E-state index is 8.66. The molecule has 1 aliphatic rings. The summed E-state index contributed by atoms with van der Waals surface area (Å²) in [5.41, 5.74) is 10.3. The number of piperidine rings is 1. The van der Waals surface area contributed by atoms with E-state index < -0.39 is 0 Å². The van der Waals surface area contributed by atoms with Crippen LogP contribution in [0.5, 0.6) is 0 Å². The van der Waals surface area contributed by atoms with Crippen LogP contribution in [-0.4, -0.2) is 40.5 Å². The van der Waals surface area contributed by atoms with Crippen LogP contribution in [-0.2, 0) is 5.41 Å². The smallest absolute Gasteiger partial charge is 0.131 e. The molecule has 0 atom stereocenters. The zero-order valence-electron chi connectivity index (χ0n) is 16.3. The number of nitrogens with one attached hydrogen (secondary N) is 3. The summed E-state index contributed by atoms with van der Waals surface area (Å²) in [4.78, 5) is 5.24. The molecule has 1 fully saturated rings. The number of nitrogens with zero attached hydrogens (tertiary/aromatic N) is 2. The number of aromatic amines is 1. The summed E-state index contributed by atoms with van der Waals surface area (Å²) in [6.45, 7) is 5.84. The van der Waals surface area contributed by atoms with Gasteiger partial charge in [0.2, 0.25) is 0 Å². The number of aromatic nitrogens is 2. The van der Waals surface area contributed by atoms with Crippen molar-refractivity contribution >= 4 is 11.7 Å². The Labute approximate surface area is 170 Å². The van der Waals surface area contributed by atoms with Crippen molar-refractivity contribution in [3.05, 3.63) is 72.9 Å². The molecule has 1 aliphatic heterocycles. The van der Waals surface area contributed by atoms with Crippen LogP contribution in [0.1, 0.15) is 24.0 Å². The van der Waals surface area contributed by atoms with Crippen molar-refractivity contribution in [3.8, 4) is 11.1 Å². The Kier molecular flexibility index (Phi) is 5.22. The van der Waals surface area contributed by atoms with Gasteiger partial charge in [0, 0.05) is 36.8 Å². The minimum atomic E-state index is -0.0930. The fraction of sp³-hybridized carbons (Fsp3) is 0.273. The SMILES string of the molecule is C=CNc1[nH]ccc1C(=N)N1CCC(CN)(c2cccc(-c3cnoc3)c2)CC1. The van der Waals surface area contributed by atoms with Crippen LogP contribution in [0.15, 0.2) is 66.3 Å². The molecule has 4 rings (SSSR count). The second-order valence-corrected chi connectivity index (χ2v) is 7.43. The Bertz CT molecular complexity index is 982. The third-order valence-electron chi connectivity index (χ3n) is 5.92. The predicted octanol–water partition coefficient (Wildman–Crippen LogP) is 3.54. The Hall–Kier alpha value is -3.32. The molecule has 0 spiro atoms. The Morgan fingerprint density at radius 1 is 1.34 bits per heavy atom. The molecule has 0 bridgehead atoms. The van der Waals surface area contributed by atoms with Gasteiger partial charge < -0.3 is 25.5 Å². The largest absolute Gasteiger partial charge is 0.364 e. The van der Waals surface area contributed by atoms with Gasteiger partial charge in [-0.3, -0.25) is 5.41 Å². The molecule has 2 aromatic heterocycles. The van der Waals surface area contributed by atoms with Crippen molar-refractivity contribution in [3.63, 3.8) is 0 Å². The summed E-state index contributed by atoms with van der Waals surface area (Å²) in [7, 11) is 0. The molecular formula is C22H26N6O. The first kappa shape index (κ1) is 19.0. The van der Waals surface area contributed by atoms with Crippen LogP contribution in [0.25, 0.3) is 11.1 Å². The van der Waals surface area contributed by atoms with Crippen molar-refractivity contribution in [1.82, 2.24) is 15.0 Å². The summed E-state index contributed by atoms with van der Waals surface area (Å²) in [6.07, 6.45) is 8.62. The molecule has 1 aromatic carbocycles. The van der Waals surface area contributed by atoms with Crippen LogP contribution in [0.2, 0.25) is 0 Å². The van der Waals surface area contributed by atoms with E-state index in [2.05, 4.69) is 51.2 Å². The van der Waals surface area contributed by atoms with E-state index in [9.17, 15) is 0 Å². The van der Waals surface area contributed by atoms with E-state index in [1.54, 1.807) is 18.7 Å². The van der Waals surface area contributed by atoms with Gasteiger partial charge >= 0.3 is 0 Å². The number of hydrogen-bond acceptors (Lipinski definition) is 5. The first-order chi connectivity index (χ1) is 14.2. The van der Waals surface area contributed by atoms with Crippen molar-refractivity contribution in [1.29, 1.82) is 5.41 Å². The average molecular weight is 390 g/mol. The molecular weight excluding hydrogens is 364 g/mol. The van der Waals surface area contributed by atoms with E-state index in [-0.39, 0.29) is 5.41 Å². The number of amidine groups is 1. The van der Waals surface area contributed by atoms with E-state index >= 15 is 0 Å². The molecule has 7 nitrogen and oxygen atoms in total. The zero-order valence-corrected chi connectivity index (χ0v) is 16.3. The second-order valence-electron chi connectivity index (χ2n) is 7.43. The summed E-state index contributed by atoms with van der Waals surface area (Å²) < 4.78 is 4.99. The van der Waals surface area contributed by atoms with Gasteiger partial charge in [0.25, 0.3) is 0 Å². The molecule has 0 unspecified atom stereocenters. The highest BCUT2D eigenvalue weighted by Gasteiger charge is 2.36. The van der Waals surface area contributed by atoms with Gasteiger partial charge in [-0.15, -0.1) is 0 Å². The van der Waals surface area contributed by atoms with E-state index in [4.69, 9.17) is 15.7 Å². The number of likely N-dealkylation sites (tertiary alicyclic amines) is 1. The summed E-state index contributed by atoms with van der Waals surface area (Å²) in [5, 5.41) is 15.5. The highest BCUT2D eigenvalue weighted by Crippen LogP contribution is 2.37. The van der Waals surface area contributed by atoms with Crippen LogP contribution in [0.4, 0.5) is 5.82 Å². The van der Waals surface area contributed by atoms with Crippen LogP contribution >= 0.6 is 0 Å². The molecule has 3 heterocycles. The molecule has 0 saturated carbocycles. The summed E-state index contributed by atoms with van der Waals surface area (Å²) in [5.74, 6) is 1.31. The third-order valence-corrected chi connectivity index (χ3v) is 5.92. The van der Waals surface area contributed by atoms with Gasteiger partial charge in [-0.1, -0.05) is 36.0 Å². The molecule has 1 saturated heterocycles. The van der Waals surface area contributed by atoms with E-state index in [0.29, 0.717) is 12.4 Å². The molecule has 0 radical (unpaired) electrons. The van der Waals surface area contributed by atoms with Crippen LogP contribution in [0.3, 0.4) is 0 Å². The van der Waals surface area contributed by atoms with Gasteiger partial charge in [0.1, 0.15) is 17.9 Å². The summed E-state index contributed by atoms with van der Waals surface area (Å²) >= 11 is 0. The average Bonchev–Trinajstić information content (AvgIpc) is 3.46. The minimum absolute atomic E-state index is 0.0930. The van der Waals surface area contributed by atoms with Gasteiger partial charge in [0.15, 0.2) is 0 Å². The quantitative estimate of drug-likeness (QED) is 0.380. The highest BCUT2D eigenvalue weighted by molar-refractivity contribution is 6.01. The molecule has 29 heavy (non-hydrogen) atoms. The number of anilines is 1. The number of nitrogens with two attached hydrogens (primary N) is 1. The van der Waals surface area contributed by atoms with Crippen molar-refractivity contribution < 1.29 is 4.52 Å². The molecule has 7 heteroatoms. The number of hydrogen-bond donors (Lipinski definition) is 4. The molecule has 0 aliphatic carbocycles. The summed E-state index contributed by atoms with van der Waals surface area (Å²) in [6, 6.07) is 10.4. The maximum Gasteiger partial charge on any atom is 0.131 e. The first-order valence-corrected chi connectivity index (χ1v) is 9.76. The normalized spacial score (nSPS) is 15.8. The van der Waals surface area contributed by atoms with Crippen molar-refractivity contribution in [2.75, 3.05) is 25.0 Å². The molecule has 3 aromatic rings. The van der Waals surface area contributed by atoms with E-state index in [1.165, 1.54) is 5.56 Å². The second kappa shape index (κ2) is 7.97. The van der Waals surface area contributed by atoms with Gasteiger partial charge in [0.05, 0.1) is 11.8 Å². The molecule has 150 valence electrons.